The molecule has 0 bridgehead atoms. The summed E-state index contributed by atoms with van der Waals surface area (Å²) in [5.74, 6) is -1.41. The number of halogens is 3. The molecule has 11 heteroatoms. The summed E-state index contributed by atoms with van der Waals surface area (Å²) in [4.78, 5) is 24.3. The van der Waals surface area contributed by atoms with Gasteiger partial charge < -0.3 is 10.1 Å². The van der Waals surface area contributed by atoms with Crippen LogP contribution in [0.5, 0.6) is 0 Å². The Balaban J connectivity index is 1.58. The van der Waals surface area contributed by atoms with E-state index in [9.17, 15) is 22.8 Å². The van der Waals surface area contributed by atoms with Crippen LogP contribution in [0.15, 0.2) is 54.9 Å². The third-order valence-electron chi connectivity index (χ3n) is 3.85. The van der Waals surface area contributed by atoms with Crippen molar-refractivity contribution in [3.8, 4) is 5.69 Å². The molecule has 0 radical (unpaired) electrons. The molecular weight excluding hydrogens is 391 g/mol. The van der Waals surface area contributed by atoms with Crippen LogP contribution in [-0.4, -0.2) is 38.2 Å². The molecule has 29 heavy (non-hydrogen) atoms. The Morgan fingerprint density at radius 2 is 1.72 bits per heavy atom. The molecule has 3 rings (SSSR count). The van der Waals surface area contributed by atoms with Gasteiger partial charge >= 0.3 is 12.1 Å². The number of hydrogen-bond acceptors (Lipinski definition) is 6. The van der Waals surface area contributed by atoms with E-state index in [1.54, 1.807) is 12.1 Å². The van der Waals surface area contributed by atoms with Crippen molar-refractivity contribution in [3.63, 3.8) is 0 Å². The van der Waals surface area contributed by atoms with Gasteiger partial charge in [0.25, 0.3) is 5.91 Å². The van der Waals surface area contributed by atoms with Crippen molar-refractivity contribution in [2.24, 2.45) is 0 Å². The molecule has 0 aliphatic heterocycles. The fourth-order valence-electron chi connectivity index (χ4n) is 2.30. The van der Waals surface area contributed by atoms with Crippen LogP contribution in [-0.2, 0) is 15.7 Å². The van der Waals surface area contributed by atoms with Crippen molar-refractivity contribution in [2.75, 3.05) is 5.32 Å². The van der Waals surface area contributed by atoms with E-state index in [0.717, 1.165) is 24.3 Å². The minimum atomic E-state index is -4.47. The van der Waals surface area contributed by atoms with Gasteiger partial charge in [-0.1, -0.05) is 0 Å². The fourth-order valence-corrected chi connectivity index (χ4v) is 2.30. The number of esters is 1. The van der Waals surface area contributed by atoms with Crippen LogP contribution in [0, 0.1) is 0 Å². The molecule has 0 aliphatic carbocycles. The maximum atomic E-state index is 12.6. The summed E-state index contributed by atoms with van der Waals surface area (Å²) in [5.41, 5.74) is 0.146. The molecule has 0 fully saturated rings. The lowest BCUT2D eigenvalue weighted by molar-refractivity contribution is -0.137. The van der Waals surface area contributed by atoms with Crippen LogP contribution in [0.2, 0.25) is 0 Å². The Labute approximate surface area is 162 Å². The van der Waals surface area contributed by atoms with Crippen molar-refractivity contribution < 1.29 is 27.5 Å². The number of tetrazole rings is 1. The summed E-state index contributed by atoms with van der Waals surface area (Å²) in [6.45, 7) is 1.35. The van der Waals surface area contributed by atoms with Gasteiger partial charge in [0.2, 0.25) is 0 Å². The SMILES string of the molecule is CC(OC(=O)c1ccc(-n2cnnn2)cc1)C(=O)Nc1ccc(C(F)(F)F)cc1. The molecule has 1 unspecified atom stereocenters. The Hall–Kier alpha value is -3.76. The van der Waals surface area contributed by atoms with Crippen molar-refractivity contribution in [1.29, 1.82) is 0 Å². The largest absolute Gasteiger partial charge is 0.449 e. The third kappa shape index (κ3) is 4.94. The summed E-state index contributed by atoms with van der Waals surface area (Å²) >= 11 is 0. The van der Waals surface area contributed by atoms with Crippen molar-refractivity contribution in [3.05, 3.63) is 66.0 Å². The number of anilines is 1. The van der Waals surface area contributed by atoms with Gasteiger partial charge in [-0.2, -0.15) is 13.2 Å². The summed E-state index contributed by atoms with van der Waals surface area (Å²) in [5, 5.41) is 13.1. The molecule has 1 atom stereocenters. The highest BCUT2D eigenvalue weighted by Gasteiger charge is 2.30. The predicted octanol–water partition coefficient (Wildman–Crippen LogP) is 2.87. The zero-order chi connectivity index (χ0) is 21.0. The second-order valence-electron chi connectivity index (χ2n) is 5.91. The van der Waals surface area contributed by atoms with Crippen molar-refractivity contribution >= 4 is 17.6 Å². The van der Waals surface area contributed by atoms with Gasteiger partial charge in [0.1, 0.15) is 6.33 Å². The van der Waals surface area contributed by atoms with Crippen LogP contribution in [0.3, 0.4) is 0 Å². The van der Waals surface area contributed by atoms with Gasteiger partial charge in [-0.3, -0.25) is 4.79 Å². The summed E-state index contributed by atoms with van der Waals surface area (Å²) in [6.07, 6.45) is -4.24. The Morgan fingerprint density at radius 1 is 1.07 bits per heavy atom. The quantitative estimate of drug-likeness (QED) is 0.656. The second kappa shape index (κ2) is 8.09. The molecule has 0 spiro atoms. The highest BCUT2D eigenvalue weighted by Crippen LogP contribution is 2.29. The number of hydrogen-bond donors (Lipinski definition) is 1. The maximum absolute atomic E-state index is 12.6. The lowest BCUT2D eigenvalue weighted by Gasteiger charge is -2.14. The number of nitrogens with one attached hydrogen (secondary N) is 1. The first kappa shape index (κ1) is 20.0. The Kier molecular flexibility index (Phi) is 5.57. The topological polar surface area (TPSA) is 99.0 Å². The number of nitrogens with zero attached hydrogens (tertiary/aromatic N) is 4. The van der Waals surface area contributed by atoms with Crippen LogP contribution < -0.4 is 5.32 Å². The number of alkyl halides is 3. The summed E-state index contributed by atoms with van der Waals surface area (Å²) in [7, 11) is 0. The average molecular weight is 405 g/mol. The second-order valence-corrected chi connectivity index (χ2v) is 5.91. The molecule has 150 valence electrons. The summed E-state index contributed by atoms with van der Waals surface area (Å²) in [6, 6.07) is 10.1. The van der Waals surface area contributed by atoms with E-state index in [-0.39, 0.29) is 11.3 Å². The number of benzene rings is 2. The smallest absolute Gasteiger partial charge is 0.416 e. The molecule has 0 aliphatic rings. The van der Waals surface area contributed by atoms with Gasteiger partial charge in [-0.25, -0.2) is 9.48 Å². The molecule has 3 aromatic rings. The fraction of sp³-hybridized carbons (Fsp3) is 0.167. The zero-order valence-corrected chi connectivity index (χ0v) is 14.9. The lowest BCUT2D eigenvalue weighted by atomic mass is 10.2. The molecule has 0 saturated carbocycles. The third-order valence-corrected chi connectivity index (χ3v) is 3.85. The lowest BCUT2D eigenvalue weighted by Crippen LogP contribution is -2.30. The van der Waals surface area contributed by atoms with Crippen LogP contribution in [0.25, 0.3) is 5.69 Å². The van der Waals surface area contributed by atoms with Crippen LogP contribution >= 0.6 is 0 Å². The number of ether oxygens (including phenoxy) is 1. The van der Waals surface area contributed by atoms with Crippen LogP contribution in [0.4, 0.5) is 18.9 Å². The van der Waals surface area contributed by atoms with Gasteiger partial charge in [0.15, 0.2) is 6.10 Å². The number of rotatable bonds is 5. The first-order valence-electron chi connectivity index (χ1n) is 8.26. The minimum absolute atomic E-state index is 0.150. The molecule has 1 N–H and O–H groups in total. The number of aromatic nitrogens is 4. The molecule has 1 amide bonds. The van der Waals surface area contributed by atoms with Crippen molar-refractivity contribution in [2.45, 2.75) is 19.2 Å². The van der Waals surface area contributed by atoms with Gasteiger partial charge in [0.05, 0.1) is 16.8 Å². The molecule has 2 aromatic carbocycles. The first-order valence-corrected chi connectivity index (χ1v) is 8.26. The van der Waals surface area contributed by atoms with Crippen molar-refractivity contribution in [1.82, 2.24) is 20.2 Å². The highest BCUT2D eigenvalue weighted by atomic mass is 19.4. The van der Waals surface area contributed by atoms with Gasteiger partial charge in [-0.15, -0.1) is 5.10 Å². The molecule has 8 nitrogen and oxygen atoms in total. The van der Waals surface area contributed by atoms with E-state index in [0.29, 0.717) is 5.69 Å². The van der Waals surface area contributed by atoms with E-state index >= 15 is 0 Å². The van der Waals surface area contributed by atoms with E-state index in [4.69, 9.17) is 4.74 Å². The summed E-state index contributed by atoms with van der Waals surface area (Å²) < 4.78 is 44.2. The normalized spacial score (nSPS) is 12.3. The van der Waals surface area contributed by atoms with Crippen LogP contribution in [0.1, 0.15) is 22.8 Å². The van der Waals surface area contributed by atoms with E-state index in [1.807, 2.05) is 0 Å². The first-order chi connectivity index (χ1) is 13.7. The van der Waals surface area contributed by atoms with Gasteiger partial charge in [-0.05, 0) is 65.9 Å². The van der Waals surface area contributed by atoms with E-state index in [1.165, 1.54) is 30.1 Å². The Morgan fingerprint density at radius 3 is 2.28 bits per heavy atom. The van der Waals surface area contributed by atoms with Gasteiger partial charge in [0, 0.05) is 5.69 Å². The van der Waals surface area contributed by atoms with E-state index < -0.39 is 29.7 Å². The maximum Gasteiger partial charge on any atom is 0.416 e. The molecule has 1 heterocycles. The zero-order valence-electron chi connectivity index (χ0n) is 14.9. The number of carbonyl (C=O) groups is 2. The number of carbonyl (C=O) groups excluding carboxylic acids is 2. The number of amides is 1. The van der Waals surface area contributed by atoms with E-state index in [2.05, 4.69) is 20.8 Å². The predicted molar refractivity (Wildman–Crippen MR) is 94.1 cm³/mol. The molecule has 1 aromatic heterocycles. The molecule has 0 saturated heterocycles. The molecular formula is C18H14F3N5O3. The standard InChI is InChI=1S/C18H14F3N5O3/c1-11(16(27)23-14-6-4-13(5-7-14)18(19,20)21)29-17(28)12-2-8-15(9-3-12)26-10-22-24-25-26/h2-11H,1H3,(H,23,27). The minimum Gasteiger partial charge on any atom is -0.449 e. The highest BCUT2D eigenvalue weighted by molar-refractivity contribution is 5.97. The Bertz CT molecular complexity index is 987. The monoisotopic (exact) mass is 405 g/mol. The average Bonchev–Trinajstić information content (AvgIpc) is 3.22.